The molecule has 1 heterocycles. The molecule has 1 rings (SSSR count). The molecule has 1 aromatic heterocycles. The van der Waals surface area contributed by atoms with Crippen LogP contribution in [0.1, 0.15) is 58.1 Å². The number of aryl methyl sites for hydroxylation is 2. The molecule has 0 unspecified atom stereocenters. The van der Waals surface area contributed by atoms with Gasteiger partial charge in [0.05, 0.1) is 0 Å². The normalized spacial score (nSPS) is 10.0. The Kier molecular flexibility index (Phi) is 10.2. The molecule has 0 amide bonds. The van der Waals surface area contributed by atoms with Crippen LogP contribution in [0.15, 0.2) is 24.4 Å². The molecule has 0 radical (unpaired) electrons. The topological polar surface area (TPSA) is 3.88 Å². The summed E-state index contributed by atoms with van der Waals surface area (Å²) in [6.07, 6.45) is 11.6. The zero-order valence-electron chi connectivity index (χ0n) is 11.3. The molecule has 0 saturated carbocycles. The van der Waals surface area contributed by atoms with Crippen LogP contribution in [0, 0.1) is 0 Å². The van der Waals surface area contributed by atoms with Crippen LogP contribution < -0.4 is 17.0 Å². The minimum Gasteiger partial charge on any atom is -1.00 e. The summed E-state index contributed by atoms with van der Waals surface area (Å²) in [7, 11) is 0. The molecule has 0 aliphatic heterocycles. The first kappa shape index (κ1) is 16.4. The first-order chi connectivity index (χ1) is 7.88. The maximum absolute atomic E-state index is 2.40. The highest BCUT2D eigenvalue weighted by Gasteiger charge is 2.05. The number of rotatable bonds is 8. The molecule has 17 heavy (non-hydrogen) atoms. The van der Waals surface area contributed by atoms with Crippen molar-refractivity contribution in [1.29, 1.82) is 0 Å². The van der Waals surface area contributed by atoms with Crippen LogP contribution in [0.4, 0.5) is 0 Å². The van der Waals surface area contributed by atoms with Crippen molar-refractivity contribution in [2.75, 3.05) is 0 Å². The Hall–Kier alpha value is -0.560. The summed E-state index contributed by atoms with van der Waals surface area (Å²) in [5, 5.41) is 0. The van der Waals surface area contributed by atoms with Crippen molar-refractivity contribution in [1.82, 2.24) is 0 Å². The number of hydrogen-bond acceptors (Lipinski definition) is 0. The molecule has 0 atom stereocenters. The summed E-state index contributed by atoms with van der Waals surface area (Å²) in [5.74, 6) is 0. The Morgan fingerprint density at radius 3 is 2.35 bits per heavy atom. The lowest BCUT2D eigenvalue weighted by Gasteiger charge is -2.02. The van der Waals surface area contributed by atoms with Crippen molar-refractivity contribution in [3.05, 3.63) is 30.1 Å². The van der Waals surface area contributed by atoms with Crippen LogP contribution in [0.3, 0.4) is 0 Å². The third-order valence-electron chi connectivity index (χ3n) is 3.15. The average molecular weight is 256 g/mol. The van der Waals surface area contributed by atoms with E-state index in [9.17, 15) is 0 Å². The maximum atomic E-state index is 2.40. The molecule has 0 aliphatic rings. The monoisotopic (exact) mass is 255 g/mol. The first-order valence-corrected chi connectivity index (χ1v) is 6.85. The number of pyridine rings is 1. The summed E-state index contributed by atoms with van der Waals surface area (Å²) in [6, 6.07) is 6.50. The third-order valence-corrected chi connectivity index (χ3v) is 3.15. The number of aromatic nitrogens is 1. The number of halogens is 1. The highest BCUT2D eigenvalue weighted by Crippen LogP contribution is 2.05. The van der Waals surface area contributed by atoms with Crippen molar-refractivity contribution in [2.24, 2.45) is 0 Å². The van der Waals surface area contributed by atoms with E-state index in [0.29, 0.717) is 0 Å². The van der Waals surface area contributed by atoms with Gasteiger partial charge in [-0.3, -0.25) is 0 Å². The molecular formula is C15H26ClN. The van der Waals surface area contributed by atoms with Gasteiger partial charge < -0.3 is 12.4 Å². The fourth-order valence-corrected chi connectivity index (χ4v) is 2.11. The molecule has 2 heteroatoms. The molecule has 0 N–H and O–H groups in total. The van der Waals surface area contributed by atoms with E-state index in [1.807, 2.05) is 0 Å². The number of nitrogens with zero attached hydrogens (tertiary/aromatic N) is 1. The second-order valence-corrected chi connectivity index (χ2v) is 4.51. The molecule has 0 aliphatic carbocycles. The van der Waals surface area contributed by atoms with E-state index in [4.69, 9.17) is 0 Å². The lowest BCUT2D eigenvalue weighted by atomic mass is 10.1. The molecule has 1 aromatic rings. The standard InChI is InChI=1S/C15H26N.ClH/c1-3-5-6-7-8-10-13-16-14-11-9-12-15(16)4-2;/h9,11-12,14H,3-8,10,13H2,1-2H3;1H/q+1;/p-1. The van der Waals surface area contributed by atoms with Gasteiger partial charge in [-0.1, -0.05) is 45.6 Å². The fraction of sp³-hybridized carbons (Fsp3) is 0.667. The van der Waals surface area contributed by atoms with Crippen LogP contribution in [0.25, 0.3) is 0 Å². The third kappa shape index (κ3) is 6.68. The molecular weight excluding hydrogens is 230 g/mol. The molecule has 0 aromatic carbocycles. The quantitative estimate of drug-likeness (QED) is 0.480. The molecule has 0 bridgehead atoms. The minimum atomic E-state index is 0. The minimum absolute atomic E-state index is 0. The van der Waals surface area contributed by atoms with Gasteiger partial charge in [0.25, 0.3) is 0 Å². The number of unbranched alkanes of at least 4 members (excludes halogenated alkanes) is 5. The Balaban J connectivity index is 0.00000256. The summed E-state index contributed by atoms with van der Waals surface area (Å²) < 4.78 is 2.40. The van der Waals surface area contributed by atoms with Gasteiger partial charge in [0, 0.05) is 25.0 Å². The van der Waals surface area contributed by atoms with Gasteiger partial charge in [-0.05, 0) is 6.42 Å². The van der Waals surface area contributed by atoms with Crippen LogP contribution in [-0.2, 0) is 13.0 Å². The molecule has 1 nitrogen and oxygen atoms in total. The number of hydrogen-bond donors (Lipinski definition) is 0. The van der Waals surface area contributed by atoms with Crippen molar-refractivity contribution in [3.63, 3.8) is 0 Å². The van der Waals surface area contributed by atoms with Gasteiger partial charge in [0.2, 0.25) is 0 Å². The van der Waals surface area contributed by atoms with E-state index in [1.165, 1.54) is 50.8 Å². The van der Waals surface area contributed by atoms with E-state index >= 15 is 0 Å². The second-order valence-electron chi connectivity index (χ2n) is 4.51. The molecule has 98 valence electrons. The smallest absolute Gasteiger partial charge is 0.181 e. The second kappa shape index (κ2) is 10.6. The van der Waals surface area contributed by atoms with Crippen LogP contribution in [-0.4, -0.2) is 0 Å². The summed E-state index contributed by atoms with van der Waals surface area (Å²) in [5.41, 5.74) is 1.45. The highest BCUT2D eigenvalue weighted by molar-refractivity contribution is 4.96. The Morgan fingerprint density at radius 2 is 1.65 bits per heavy atom. The van der Waals surface area contributed by atoms with Gasteiger partial charge >= 0.3 is 0 Å². The molecule has 0 fully saturated rings. The van der Waals surface area contributed by atoms with Crippen molar-refractivity contribution in [2.45, 2.75) is 65.3 Å². The van der Waals surface area contributed by atoms with Crippen molar-refractivity contribution < 1.29 is 17.0 Å². The van der Waals surface area contributed by atoms with E-state index in [1.54, 1.807) is 0 Å². The largest absolute Gasteiger partial charge is 1.00 e. The van der Waals surface area contributed by atoms with Gasteiger partial charge in [-0.15, -0.1) is 0 Å². The van der Waals surface area contributed by atoms with E-state index in [-0.39, 0.29) is 12.4 Å². The van der Waals surface area contributed by atoms with Crippen LogP contribution in [0.5, 0.6) is 0 Å². The fourth-order valence-electron chi connectivity index (χ4n) is 2.11. The zero-order valence-corrected chi connectivity index (χ0v) is 12.0. The highest BCUT2D eigenvalue weighted by atomic mass is 35.5. The molecule has 0 saturated heterocycles. The summed E-state index contributed by atoms with van der Waals surface area (Å²) >= 11 is 0. The van der Waals surface area contributed by atoms with E-state index in [0.717, 1.165) is 6.42 Å². The Bertz CT molecular complexity index is 286. The Labute approximate surface area is 113 Å². The zero-order chi connectivity index (χ0) is 11.6. The van der Waals surface area contributed by atoms with Crippen LogP contribution >= 0.6 is 0 Å². The predicted molar refractivity (Wildman–Crippen MR) is 69.4 cm³/mol. The first-order valence-electron chi connectivity index (χ1n) is 6.85. The van der Waals surface area contributed by atoms with Crippen molar-refractivity contribution >= 4 is 0 Å². The average Bonchev–Trinajstić information content (AvgIpc) is 2.34. The van der Waals surface area contributed by atoms with Gasteiger partial charge in [-0.2, -0.15) is 0 Å². The summed E-state index contributed by atoms with van der Waals surface area (Å²) in [6.45, 7) is 5.69. The Morgan fingerprint density at radius 1 is 0.941 bits per heavy atom. The van der Waals surface area contributed by atoms with Gasteiger partial charge in [0.15, 0.2) is 11.9 Å². The van der Waals surface area contributed by atoms with Gasteiger partial charge in [0.1, 0.15) is 6.54 Å². The van der Waals surface area contributed by atoms with Crippen LogP contribution in [0.2, 0.25) is 0 Å². The predicted octanol–water partition coefficient (Wildman–Crippen LogP) is 0.901. The SMILES string of the molecule is CCCCCCCC[n+]1ccccc1CC.[Cl-]. The lowest BCUT2D eigenvalue weighted by molar-refractivity contribution is -0.704. The van der Waals surface area contributed by atoms with Crippen molar-refractivity contribution in [3.8, 4) is 0 Å². The maximum Gasteiger partial charge on any atom is 0.181 e. The van der Waals surface area contributed by atoms with E-state index in [2.05, 4.69) is 42.8 Å². The summed E-state index contributed by atoms with van der Waals surface area (Å²) in [4.78, 5) is 0. The lowest BCUT2D eigenvalue weighted by Crippen LogP contribution is -3.00. The van der Waals surface area contributed by atoms with E-state index < -0.39 is 0 Å². The molecule has 0 spiro atoms. The van der Waals surface area contributed by atoms with Gasteiger partial charge in [-0.25, -0.2) is 4.57 Å².